The number of nitrogens with zero attached hydrogens (tertiary/aromatic N) is 2. The molecule has 3 rings (SSSR count). The summed E-state index contributed by atoms with van der Waals surface area (Å²) in [6, 6.07) is 1.91. The average Bonchev–Trinajstić information content (AvgIpc) is 2.63. The number of rotatable bonds is 0. The van der Waals surface area contributed by atoms with Gasteiger partial charge in [-0.1, -0.05) is 32.8 Å². The lowest BCUT2D eigenvalue weighted by Crippen LogP contribution is -2.53. The molecule has 3 unspecified atom stereocenters. The van der Waals surface area contributed by atoms with Crippen LogP contribution < -0.4 is 0 Å². The monoisotopic (exact) mass is 358 g/mol. The van der Waals surface area contributed by atoms with Gasteiger partial charge in [0.25, 0.3) is 0 Å². The van der Waals surface area contributed by atoms with Crippen molar-refractivity contribution < 1.29 is 14.4 Å². The number of nitriles is 1. The number of ketones is 2. The molecule has 3 atom stereocenters. The van der Waals surface area contributed by atoms with Gasteiger partial charge in [-0.05, 0) is 42.4 Å². The first-order valence-corrected chi connectivity index (χ1v) is 8.67. The van der Waals surface area contributed by atoms with Gasteiger partial charge in [0.05, 0.1) is 17.6 Å². The predicted molar refractivity (Wildman–Crippen MR) is 97.4 cm³/mol. The lowest BCUT2D eigenvalue weighted by Gasteiger charge is -2.56. The zero-order valence-corrected chi connectivity index (χ0v) is 15.4. The summed E-state index contributed by atoms with van der Waals surface area (Å²) in [4.78, 5) is 39.5. The maximum atomic E-state index is 12.8. The third-order valence-electron chi connectivity index (χ3n) is 6.26. The van der Waals surface area contributed by atoms with Gasteiger partial charge in [0, 0.05) is 10.8 Å². The van der Waals surface area contributed by atoms with E-state index in [1.165, 1.54) is 6.08 Å². The number of carbonyl (C=O) groups is 3. The summed E-state index contributed by atoms with van der Waals surface area (Å²) in [5.41, 5.74) is -1.73. The van der Waals surface area contributed by atoms with Gasteiger partial charge >= 0.3 is 0 Å². The van der Waals surface area contributed by atoms with Crippen molar-refractivity contribution in [3.8, 4) is 17.9 Å². The van der Waals surface area contributed by atoms with Crippen molar-refractivity contribution in [1.29, 1.82) is 5.26 Å². The summed E-state index contributed by atoms with van der Waals surface area (Å²) in [5, 5.41) is 9.30. The van der Waals surface area contributed by atoms with E-state index >= 15 is 0 Å². The molecule has 0 aromatic rings. The maximum absolute atomic E-state index is 12.8. The number of carbonyl (C=O) groups excluding carboxylic acids is 3. The predicted octanol–water partition coefficient (Wildman–Crippen LogP) is 2.96. The fraction of sp³-hybridized carbons (Fsp3) is 0.409. The highest BCUT2D eigenvalue weighted by molar-refractivity contribution is 6.09. The summed E-state index contributed by atoms with van der Waals surface area (Å²) in [6.45, 7) is 13.0. The first-order valence-electron chi connectivity index (χ1n) is 8.67. The minimum atomic E-state index is -0.925. The topological polar surface area (TPSA) is 79.4 Å². The van der Waals surface area contributed by atoms with Gasteiger partial charge in [0.1, 0.15) is 6.07 Å². The molecular formula is C22H18N2O3. The lowest BCUT2D eigenvalue weighted by atomic mass is 9.46. The second-order valence-electron chi connectivity index (χ2n) is 8.02. The molecule has 134 valence electrons. The largest absolute Gasteiger partial charge is 0.307 e. The maximum Gasteiger partial charge on any atom is 0.226 e. The second-order valence-corrected chi connectivity index (χ2v) is 8.02. The first kappa shape index (κ1) is 18.6. The minimum Gasteiger partial charge on any atom is -0.307 e. The van der Waals surface area contributed by atoms with Crippen LogP contribution in [-0.2, 0) is 14.4 Å². The number of hydrogen-bond donors (Lipinski definition) is 0. The molecule has 0 aliphatic heterocycles. The fourth-order valence-electron chi connectivity index (χ4n) is 5.06. The Morgan fingerprint density at radius 1 is 1.30 bits per heavy atom. The highest BCUT2D eigenvalue weighted by Crippen LogP contribution is 2.63. The SMILES string of the molecule is [C-]#[N+]C1=CC2(C)C3=CC(=O)C(C#N)=CC3(C#CC=O)CCC2C(C)(C)C1=O. The summed E-state index contributed by atoms with van der Waals surface area (Å²) in [6.07, 6.45) is 6.23. The fourth-order valence-corrected chi connectivity index (χ4v) is 5.06. The van der Waals surface area contributed by atoms with Gasteiger partial charge in [-0.25, -0.2) is 4.85 Å². The molecule has 1 fully saturated rings. The quantitative estimate of drug-likeness (QED) is 0.379. The molecule has 0 aromatic carbocycles. The number of fused-ring (bicyclic) bond motifs is 3. The molecule has 0 saturated heterocycles. The summed E-state index contributed by atoms with van der Waals surface area (Å²) in [5.74, 6) is 4.67. The molecule has 0 aromatic heterocycles. The molecule has 5 nitrogen and oxygen atoms in total. The van der Waals surface area contributed by atoms with Gasteiger partial charge in [0.2, 0.25) is 5.70 Å². The minimum absolute atomic E-state index is 0.00141. The van der Waals surface area contributed by atoms with Gasteiger partial charge < -0.3 is 4.79 Å². The van der Waals surface area contributed by atoms with Crippen molar-refractivity contribution in [2.75, 3.05) is 0 Å². The molecule has 0 heterocycles. The molecular weight excluding hydrogens is 340 g/mol. The van der Waals surface area contributed by atoms with Gasteiger partial charge in [-0.2, -0.15) is 5.26 Å². The van der Waals surface area contributed by atoms with Crippen molar-refractivity contribution in [2.45, 2.75) is 33.6 Å². The van der Waals surface area contributed by atoms with Crippen LogP contribution >= 0.6 is 0 Å². The number of allylic oxidation sites excluding steroid dienone is 6. The molecule has 0 radical (unpaired) electrons. The smallest absolute Gasteiger partial charge is 0.226 e. The zero-order chi connectivity index (χ0) is 20.0. The first-order chi connectivity index (χ1) is 12.7. The normalized spacial score (nSPS) is 33.5. The van der Waals surface area contributed by atoms with E-state index in [0.717, 1.165) is 0 Å². The van der Waals surface area contributed by atoms with Crippen LogP contribution in [-0.4, -0.2) is 17.9 Å². The lowest BCUT2D eigenvalue weighted by molar-refractivity contribution is -0.130. The van der Waals surface area contributed by atoms with Crippen molar-refractivity contribution in [2.24, 2.45) is 22.2 Å². The third-order valence-corrected chi connectivity index (χ3v) is 6.26. The van der Waals surface area contributed by atoms with Crippen LogP contribution in [0.4, 0.5) is 0 Å². The highest BCUT2D eigenvalue weighted by atomic mass is 16.1. The molecule has 0 N–H and O–H groups in total. The van der Waals surface area contributed by atoms with Crippen LogP contribution in [0.25, 0.3) is 4.85 Å². The molecule has 0 spiro atoms. The van der Waals surface area contributed by atoms with Crippen LogP contribution in [0.5, 0.6) is 0 Å². The van der Waals surface area contributed by atoms with E-state index in [4.69, 9.17) is 6.57 Å². The number of aldehydes is 1. The standard InChI is InChI=1S/C22H18N2O3/c1-20(2)17-6-8-22(7-5-9-25)11-14(13-23)16(26)10-18(22)21(17,3)12-15(24-4)19(20)27/h9-12,17H,6,8H2,1-3H3. The molecule has 0 amide bonds. The van der Waals surface area contributed by atoms with Gasteiger partial charge in [-0.3, -0.25) is 9.59 Å². The van der Waals surface area contributed by atoms with Crippen molar-refractivity contribution in [3.63, 3.8) is 0 Å². The Balaban J connectivity index is 2.33. The van der Waals surface area contributed by atoms with E-state index in [-0.39, 0.29) is 23.0 Å². The van der Waals surface area contributed by atoms with Gasteiger partial charge in [-0.15, -0.1) is 0 Å². The summed E-state index contributed by atoms with van der Waals surface area (Å²) >= 11 is 0. The van der Waals surface area contributed by atoms with Gasteiger partial charge in [0.15, 0.2) is 17.9 Å². The van der Waals surface area contributed by atoms with Crippen molar-refractivity contribution >= 4 is 17.9 Å². The van der Waals surface area contributed by atoms with E-state index in [2.05, 4.69) is 16.7 Å². The van der Waals surface area contributed by atoms with Crippen LogP contribution in [0, 0.1) is 51.9 Å². The number of Topliss-reactive ketones (excluding diaryl/α,β-unsaturated/α-hetero) is 1. The molecule has 1 saturated carbocycles. The molecule has 3 aliphatic rings. The Bertz CT molecular complexity index is 1020. The summed E-state index contributed by atoms with van der Waals surface area (Å²) < 4.78 is 0. The Kier molecular flexibility index (Phi) is 4.05. The van der Waals surface area contributed by atoms with Crippen LogP contribution in [0.1, 0.15) is 33.6 Å². The van der Waals surface area contributed by atoms with E-state index in [1.54, 1.807) is 12.2 Å². The Hall–Kier alpha value is -3.23. The Labute approximate surface area is 158 Å². The Morgan fingerprint density at radius 3 is 2.59 bits per heavy atom. The molecule has 0 bridgehead atoms. The van der Waals surface area contributed by atoms with Crippen LogP contribution in [0.3, 0.4) is 0 Å². The Morgan fingerprint density at radius 2 is 2.00 bits per heavy atom. The summed E-state index contributed by atoms with van der Waals surface area (Å²) in [7, 11) is 0. The number of hydrogen-bond acceptors (Lipinski definition) is 4. The highest BCUT2D eigenvalue weighted by Gasteiger charge is 2.59. The molecule has 27 heavy (non-hydrogen) atoms. The van der Waals surface area contributed by atoms with E-state index < -0.39 is 22.0 Å². The van der Waals surface area contributed by atoms with E-state index in [1.807, 2.05) is 26.8 Å². The molecule has 3 aliphatic carbocycles. The second kappa shape index (κ2) is 5.90. The van der Waals surface area contributed by atoms with Crippen molar-refractivity contribution in [3.05, 3.63) is 46.5 Å². The third kappa shape index (κ3) is 2.42. The zero-order valence-electron chi connectivity index (χ0n) is 15.4. The van der Waals surface area contributed by atoms with E-state index in [9.17, 15) is 19.6 Å². The van der Waals surface area contributed by atoms with Crippen LogP contribution in [0.2, 0.25) is 0 Å². The van der Waals surface area contributed by atoms with E-state index in [0.29, 0.717) is 24.7 Å². The average molecular weight is 358 g/mol. The van der Waals surface area contributed by atoms with Crippen LogP contribution in [0.15, 0.2) is 35.1 Å². The van der Waals surface area contributed by atoms with Crippen molar-refractivity contribution in [1.82, 2.24) is 0 Å². The molecule has 5 heteroatoms.